The van der Waals surface area contributed by atoms with Crippen molar-refractivity contribution in [1.29, 1.82) is 0 Å². The molecule has 0 spiro atoms. The number of carbonyl (C=O) groups excluding carboxylic acids is 2. The summed E-state index contributed by atoms with van der Waals surface area (Å²) in [6.07, 6.45) is 0. The molecule has 0 saturated carbocycles. The van der Waals surface area contributed by atoms with Crippen molar-refractivity contribution in [2.75, 3.05) is 36.3 Å². The van der Waals surface area contributed by atoms with Gasteiger partial charge in [-0.3, -0.25) is 9.59 Å². The molecule has 0 atom stereocenters. The molecule has 1 aliphatic heterocycles. The molecule has 0 aromatic heterocycles. The van der Waals surface area contributed by atoms with Crippen LogP contribution in [0.1, 0.15) is 5.56 Å². The Labute approximate surface area is 189 Å². The first-order valence-electron chi connectivity index (χ1n) is 10.1. The van der Waals surface area contributed by atoms with Crippen LogP contribution < -0.4 is 19.9 Å². The van der Waals surface area contributed by atoms with Crippen molar-refractivity contribution in [3.05, 3.63) is 89.6 Å². The maximum Gasteiger partial charge on any atom is 0.282 e. The van der Waals surface area contributed by atoms with Crippen LogP contribution >= 0.6 is 0 Å². The Balaban J connectivity index is 1.78. The number of imide groups is 1. The van der Waals surface area contributed by atoms with E-state index >= 15 is 0 Å². The van der Waals surface area contributed by atoms with Crippen LogP contribution in [0.2, 0.25) is 0 Å². The molecule has 1 aliphatic rings. The van der Waals surface area contributed by atoms with E-state index < -0.39 is 23.4 Å². The monoisotopic (exact) mass is 449 g/mol. The van der Waals surface area contributed by atoms with Gasteiger partial charge in [-0.15, -0.1) is 0 Å². The van der Waals surface area contributed by atoms with Gasteiger partial charge in [0.1, 0.15) is 11.4 Å². The van der Waals surface area contributed by atoms with Gasteiger partial charge in [-0.25, -0.2) is 13.7 Å². The van der Waals surface area contributed by atoms with E-state index in [4.69, 9.17) is 4.74 Å². The Morgan fingerprint density at radius 1 is 0.848 bits per heavy atom. The van der Waals surface area contributed by atoms with Crippen LogP contribution in [-0.2, 0) is 9.59 Å². The predicted molar refractivity (Wildman–Crippen MR) is 123 cm³/mol. The number of hydrogen-bond donors (Lipinski definition) is 1. The van der Waals surface area contributed by atoms with E-state index in [1.807, 2.05) is 31.1 Å². The molecule has 33 heavy (non-hydrogen) atoms. The summed E-state index contributed by atoms with van der Waals surface area (Å²) in [5.41, 5.74) is 2.12. The highest BCUT2D eigenvalue weighted by Crippen LogP contribution is 2.35. The zero-order valence-electron chi connectivity index (χ0n) is 18.2. The smallest absolute Gasteiger partial charge is 0.282 e. The molecule has 0 fully saturated rings. The summed E-state index contributed by atoms with van der Waals surface area (Å²) in [6, 6.07) is 16.8. The number of halogens is 2. The molecule has 0 saturated heterocycles. The fraction of sp³-hybridized carbons (Fsp3) is 0.120. The second kappa shape index (κ2) is 8.74. The molecule has 0 unspecified atom stereocenters. The molecular formula is C25H21F2N3O3. The minimum absolute atomic E-state index is 0.0347. The average molecular weight is 449 g/mol. The van der Waals surface area contributed by atoms with E-state index in [1.54, 1.807) is 36.4 Å². The summed E-state index contributed by atoms with van der Waals surface area (Å²) in [5.74, 6) is -2.96. The normalized spacial score (nSPS) is 13.5. The van der Waals surface area contributed by atoms with Gasteiger partial charge in [-0.05, 0) is 54.1 Å². The second-order valence-corrected chi connectivity index (χ2v) is 7.59. The summed E-state index contributed by atoms with van der Waals surface area (Å²) in [7, 11) is 5.34. The lowest BCUT2D eigenvalue weighted by Gasteiger charge is -2.16. The number of nitrogens with one attached hydrogen (secondary N) is 1. The molecule has 4 rings (SSSR count). The largest absolute Gasteiger partial charge is 0.497 e. The molecule has 3 aromatic carbocycles. The number of rotatable bonds is 6. The van der Waals surface area contributed by atoms with Gasteiger partial charge in [0.25, 0.3) is 11.8 Å². The van der Waals surface area contributed by atoms with Gasteiger partial charge < -0.3 is 15.0 Å². The van der Waals surface area contributed by atoms with Gasteiger partial charge in [-0.1, -0.05) is 12.1 Å². The highest BCUT2D eigenvalue weighted by molar-refractivity contribution is 6.46. The lowest BCUT2D eigenvalue weighted by molar-refractivity contribution is -0.120. The van der Waals surface area contributed by atoms with Crippen molar-refractivity contribution in [2.45, 2.75) is 0 Å². The first kappa shape index (κ1) is 22.0. The van der Waals surface area contributed by atoms with Crippen LogP contribution in [0.3, 0.4) is 0 Å². The maximum atomic E-state index is 13.9. The first-order chi connectivity index (χ1) is 15.8. The lowest BCUT2D eigenvalue weighted by Crippen LogP contribution is -2.32. The number of hydrogen-bond acceptors (Lipinski definition) is 5. The summed E-state index contributed by atoms with van der Waals surface area (Å²) in [6.45, 7) is 0. The Morgan fingerprint density at radius 2 is 1.52 bits per heavy atom. The van der Waals surface area contributed by atoms with Crippen LogP contribution in [0.4, 0.5) is 25.8 Å². The standard InChI is InChI=1S/C25H21F2N3O3/c1-29(2)17-8-6-16(7-9-17)28-23-22(15-4-11-19(33-3)12-5-15)24(31)30(25(23)32)18-10-13-20(26)21(27)14-18/h4-14,28H,1-3H3. The number of anilines is 3. The highest BCUT2D eigenvalue weighted by atomic mass is 19.2. The van der Waals surface area contributed by atoms with Gasteiger partial charge in [-0.2, -0.15) is 0 Å². The molecule has 0 bridgehead atoms. The molecular weight excluding hydrogens is 428 g/mol. The Kier molecular flexibility index (Phi) is 5.83. The van der Waals surface area contributed by atoms with Gasteiger partial charge in [0.15, 0.2) is 11.6 Å². The molecule has 8 heteroatoms. The first-order valence-corrected chi connectivity index (χ1v) is 10.1. The van der Waals surface area contributed by atoms with E-state index in [0.717, 1.165) is 22.7 Å². The van der Waals surface area contributed by atoms with Gasteiger partial charge in [0.05, 0.1) is 18.4 Å². The fourth-order valence-electron chi connectivity index (χ4n) is 3.52. The number of amides is 2. The molecule has 0 aliphatic carbocycles. The third-order valence-electron chi connectivity index (χ3n) is 5.28. The highest BCUT2D eigenvalue weighted by Gasteiger charge is 2.40. The third kappa shape index (κ3) is 4.15. The number of benzene rings is 3. The van der Waals surface area contributed by atoms with Crippen molar-refractivity contribution in [1.82, 2.24) is 0 Å². The fourth-order valence-corrected chi connectivity index (χ4v) is 3.52. The van der Waals surface area contributed by atoms with Gasteiger partial charge >= 0.3 is 0 Å². The Hall–Kier alpha value is -4.20. The van der Waals surface area contributed by atoms with Crippen LogP contribution in [0.15, 0.2) is 72.4 Å². The van der Waals surface area contributed by atoms with Crippen molar-refractivity contribution in [3.63, 3.8) is 0 Å². The van der Waals surface area contributed by atoms with Crippen molar-refractivity contribution in [3.8, 4) is 5.75 Å². The number of carbonyl (C=O) groups is 2. The summed E-state index contributed by atoms with van der Waals surface area (Å²) < 4.78 is 32.5. The quantitative estimate of drug-likeness (QED) is 0.564. The lowest BCUT2D eigenvalue weighted by atomic mass is 10.0. The third-order valence-corrected chi connectivity index (χ3v) is 5.28. The van der Waals surface area contributed by atoms with Crippen LogP contribution in [0, 0.1) is 11.6 Å². The molecule has 6 nitrogen and oxygen atoms in total. The van der Waals surface area contributed by atoms with Gasteiger partial charge in [0.2, 0.25) is 0 Å². The number of nitrogens with zero attached hydrogens (tertiary/aromatic N) is 2. The summed E-state index contributed by atoms with van der Waals surface area (Å²) in [4.78, 5) is 29.5. The minimum atomic E-state index is -1.15. The van der Waals surface area contributed by atoms with E-state index in [9.17, 15) is 18.4 Å². The van der Waals surface area contributed by atoms with E-state index in [0.29, 0.717) is 17.0 Å². The zero-order valence-corrected chi connectivity index (χ0v) is 18.2. The minimum Gasteiger partial charge on any atom is -0.497 e. The van der Waals surface area contributed by atoms with E-state index in [-0.39, 0.29) is 17.0 Å². The van der Waals surface area contributed by atoms with E-state index in [1.165, 1.54) is 13.2 Å². The average Bonchev–Trinajstić information content (AvgIpc) is 3.05. The van der Waals surface area contributed by atoms with Gasteiger partial charge in [0, 0.05) is 31.5 Å². The number of methoxy groups -OCH3 is 1. The Bertz CT molecular complexity index is 1250. The summed E-state index contributed by atoms with van der Waals surface area (Å²) >= 11 is 0. The molecule has 1 heterocycles. The van der Waals surface area contributed by atoms with E-state index in [2.05, 4.69) is 5.32 Å². The predicted octanol–water partition coefficient (Wildman–Crippen LogP) is 4.44. The van der Waals surface area contributed by atoms with Crippen LogP contribution in [0.5, 0.6) is 5.75 Å². The molecule has 2 amide bonds. The molecule has 0 radical (unpaired) electrons. The van der Waals surface area contributed by atoms with Crippen LogP contribution in [-0.4, -0.2) is 33.0 Å². The molecule has 1 N–H and O–H groups in total. The van der Waals surface area contributed by atoms with Crippen molar-refractivity contribution in [2.24, 2.45) is 0 Å². The molecule has 3 aromatic rings. The SMILES string of the molecule is COc1ccc(C2=C(Nc3ccc(N(C)C)cc3)C(=O)N(c3ccc(F)c(F)c3)C2=O)cc1. The Morgan fingerprint density at radius 3 is 2.09 bits per heavy atom. The van der Waals surface area contributed by atoms with Crippen molar-refractivity contribution >= 4 is 34.4 Å². The number of ether oxygens (including phenoxy) is 1. The topological polar surface area (TPSA) is 61.9 Å². The molecule has 168 valence electrons. The van der Waals surface area contributed by atoms with Crippen LogP contribution in [0.25, 0.3) is 5.57 Å². The zero-order chi connectivity index (χ0) is 23.7. The van der Waals surface area contributed by atoms with Crippen molar-refractivity contribution < 1.29 is 23.1 Å². The summed E-state index contributed by atoms with van der Waals surface area (Å²) in [5, 5.41) is 3.04. The second-order valence-electron chi connectivity index (χ2n) is 7.59. The maximum absolute atomic E-state index is 13.9.